The molecular weight excluding hydrogens is 348 g/mol. The summed E-state index contributed by atoms with van der Waals surface area (Å²) in [6, 6.07) is 3.37. The van der Waals surface area contributed by atoms with Crippen LogP contribution in [0.2, 0.25) is 0 Å². The average molecular weight is 374 g/mol. The van der Waals surface area contributed by atoms with E-state index in [0.29, 0.717) is 38.3 Å². The molecule has 0 bridgehead atoms. The first-order valence-corrected chi connectivity index (χ1v) is 9.56. The number of hydrogen-bond acceptors (Lipinski definition) is 5. The van der Waals surface area contributed by atoms with Crippen LogP contribution in [0, 0.1) is 0 Å². The lowest BCUT2D eigenvalue weighted by Gasteiger charge is -2.34. The molecule has 1 aliphatic carbocycles. The predicted molar refractivity (Wildman–Crippen MR) is 98.5 cm³/mol. The molecule has 2 aliphatic rings. The molecule has 3 rings (SSSR count). The molecule has 1 aliphatic heterocycles. The van der Waals surface area contributed by atoms with Gasteiger partial charge >= 0.3 is 6.09 Å². The quantitative estimate of drug-likeness (QED) is 0.865. The number of carbonyl (C=O) groups is 3. The van der Waals surface area contributed by atoms with E-state index >= 15 is 0 Å². The first kappa shape index (κ1) is 19.1. The van der Waals surface area contributed by atoms with Crippen molar-refractivity contribution in [2.45, 2.75) is 38.6 Å². The highest BCUT2D eigenvalue weighted by molar-refractivity contribution is 5.98. The monoisotopic (exact) mass is 374 g/mol. The number of amides is 3. The minimum atomic E-state index is -0.348. The van der Waals surface area contributed by atoms with E-state index in [0.717, 1.165) is 25.7 Å². The van der Waals surface area contributed by atoms with Gasteiger partial charge in [0.05, 0.1) is 6.61 Å². The predicted octanol–water partition coefficient (Wildman–Crippen LogP) is 1.67. The molecule has 0 aromatic carbocycles. The van der Waals surface area contributed by atoms with Crippen LogP contribution in [0.1, 0.15) is 53.5 Å². The normalized spacial score (nSPS) is 17.7. The number of aromatic nitrogens is 1. The largest absolute Gasteiger partial charge is 0.450 e. The first-order valence-electron chi connectivity index (χ1n) is 9.56. The maximum absolute atomic E-state index is 12.8. The summed E-state index contributed by atoms with van der Waals surface area (Å²) in [6.07, 6.45) is 5.40. The fourth-order valence-electron chi connectivity index (χ4n) is 3.51. The van der Waals surface area contributed by atoms with Crippen LogP contribution in [0.15, 0.2) is 18.3 Å². The van der Waals surface area contributed by atoms with E-state index in [4.69, 9.17) is 4.74 Å². The number of rotatable bonds is 4. The molecule has 8 heteroatoms. The standard InChI is InChI=1S/C19H26N4O4/c1-2-27-19(26)23-11-9-22(10-12-23)18(25)14-7-8-20-16(13-14)17(24)21-15-5-3-4-6-15/h7-8,13,15H,2-6,9-12H2,1H3,(H,21,24). The molecule has 0 spiro atoms. The fraction of sp³-hybridized carbons (Fsp3) is 0.579. The van der Waals surface area contributed by atoms with E-state index in [1.165, 1.54) is 6.20 Å². The molecule has 27 heavy (non-hydrogen) atoms. The summed E-state index contributed by atoms with van der Waals surface area (Å²) in [5, 5.41) is 2.99. The van der Waals surface area contributed by atoms with Crippen LogP contribution in [-0.2, 0) is 4.74 Å². The molecule has 0 radical (unpaired) electrons. The minimum absolute atomic E-state index is 0.157. The van der Waals surface area contributed by atoms with E-state index < -0.39 is 0 Å². The molecule has 2 heterocycles. The number of carbonyl (C=O) groups excluding carboxylic acids is 3. The summed E-state index contributed by atoms with van der Waals surface area (Å²) in [5.74, 6) is -0.389. The van der Waals surface area contributed by atoms with Crippen LogP contribution in [0.5, 0.6) is 0 Å². The Hall–Kier alpha value is -2.64. The molecule has 146 valence electrons. The summed E-state index contributed by atoms with van der Waals surface area (Å²) in [4.78, 5) is 44.3. The van der Waals surface area contributed by atoms with Crippen LogP contribution in [-0.4, -0.2) is 71.5 Å². The van der Waals surface area contributed by atoms with Crippen molar-refractivity contribution < 1.29 is 19.1 Å². The third kappa shape index (κ3) is 4.75. The lowest BCUT2D eigenvalue weighted by molar-refractivity contribution is 0.0570. The number of hydrogen-bond donors (Lipinski definition) is 1. The van der Waals surface area contributed by atoms with Gasteiger partial charge in [0.1, 0.15) is 5.69 Å². The van der Waals surface area contributed by atoms with E-state index in [9.17, 15) is 14.4 Å². The molecule has 1 aromatic rings. The summed E-state index contributed by atoms with van der Waals surface area (Å²) in [5.41, 5.74) is 0.698. The van der Waals surface area contributed by atoms with Crippen LogP contribution in [0.4, 0.5) is 4.79 Å². The molecule has 8 nitrogen and oxygen atoms in total. The van der Waals surface area contributed by atoms with Gasteiger partial charge in [-0.15, -0.1) is 0 Å². The van der Waals surface area contributed by atoms with Crippen molar-refractivity contribution in [2.24, 2.45) is 0 Å². The second kappa shape index (κ2) is 8.83. The van der Waals surface area contributed by atoms with Crippen molar-refractivity contribution in [1.29, 1.82) is 0 Å². The lowest BCUT2D eigenvalue weighted by Crippen LogP contribution is -2.50. The van der Waals surface area contributed by atoms with Crippen molar-refractivity contribution in [3.8, 4) is 0 Å². The van der Waals surface area contributed by atoms with Gasteiger partial charge < -0.3 is 19.9 Å². The third-order valence-electron chi connectivity index (χ3n) is 5.02. The molecule has 0 unspecified atom stereocenters. The van der Waals surface area contributed by atoms with Gasteiger partial charge in [0, 0.05) is 44.0 Å². The second-order valence-electron chi connectivity index (χ2n) is 6.86. The van der Waals surface area contributed by atoms with Gasteiger partial charge in [-0.1, -0.05) is 12.8 Å². The molecule has 1 N–H and O–H groups in total. The third-order valence-corrected chi connectivity index (χ3v) is 5.02. The Labute approximate surface area is 158 Å². The summed E-state index contributed by atoms with van der Waals surface area (Å²) in [6.45, 7) is 3.84. The van der Waals surface area contributed by atoms with Gasteiger partial charge in [0.15, 0.2) is 0 Å². The Kier molecular flexibility index (Phi) is 6.26. The smallest absolute Gasteiger partial charge is 0.409 e. The van der Waals surface area contributed by atoms with Crippen LogP contribution in [0.3, 0.4) is 0 Å². The zero-order chi connectivity index (χ0) is 19.2. The molecule has 3 amide bonds. The van der Waals surface area contributed by atoms with Crippen molar-refractivity contribution in [1.82, 2.24) is 20.1 Å². The van der Waals surface area contributed by atoms with Gasteiger partial charge in [0.25, 0.3) is 11.8 Å². The van der Waals surface area contributed by atoms with Crippen LogP contribution < -0.4 is 5.32 Å². The molecule has 1 saturated heterocycles. The van der Waals surface area contributed by atoms with E-state index in [1.807, 2.05) is 0 Å². The Morgan fingerprint density at radius 1 is 1.15 bits per heavy atom. The average Bonchev–Trinajstić information content (AvgIpc) is 3.21. The van der Waals surface area contributed by atoms with Crippen LogP contribution >= 0.6 is 0 Å². The first-order chi connectivity index (χ1) is 13.1. The van der Waals surface area contributed by atoms with E-state index in [1.54, 1.807) is 28.9 Å². The Bertz CT molecular complexity index is 695. The maximum atomic E-state index is 12.8. The van der Waals surface area contributed by atoms with Gasteiger partial charge in [-0.05, 0) is 31.9 Å². The summed E-state index contributed by atoms with van der Waals surface area (Å²) >= 11 is 0. The van der Waals surface area contributed by atoms with Crippen molar-refractivity contribution >= 4 is 17.9 Å². The van der Waals surface area contributed by atoms with E-state index in [-0.39, 0.29) is 29.6 Å². The van der Waals surface area contributed by atoms with Crippen molar-refractivity contribution in [3.05, 3.63) is 29.6 Å². The summed E-state index contributed by atoms with van der Waals surface area (Å²) < 4.78 is 4.99. The minimum Gasteiger partial charge on any atom is -0.450 e. The number of nitrogens with one attached hydrogen (secondary N) is 1. The van der Waals surface area contributed by atoms with Gasteiger partial charge in [0.2, 0.25) is 0 Å². The zero-order valence-corrected chi connectivity index (χ0v) is 15.6. The highest BCUT2D eigenvalue weighted by Gasteiger charge is 2.26. The van der Waals surface area contributed by atoms with Gasteiger partial charge in [-0.25, -0.2) is 4.79 Å². The number of ether oxygens (including phenoxy) is 1. The fourth-order valence-corrected chi connectivity index (χ4v) is 3.51. The molecule has 2 fully saturated rings. The number of piperazine rings is 1. The van der Waals surface area contributed by atoms with Crippen LogP contribution in [0.25, 0.3) is 0 Å². The van der Waals surface area contributed by atoms with Gasteiger partial charge in [-0.3, -0.25) is 14.6 Å². The number of nitrogens with zero attached hydrogens (tertiary/aromatic N) is 3. The Morgan fingerprint density at radius 3 is 2.48 bits per heavy atom. The second-order valence-corrected chi connectivity index (χ2v) is 6.86. The SMILES string of the molecule is CCOC(=O)N1CCN(C(=O)c2ccnc(C(=O)NC3CCCC3)c2)CC1. The topological polar surface area (TPSA) is 91.8 Å². The maximum Gasteiger partial charge on any atom is 0.409 e. The highest BCUT2D eigenvalue weighted by atomic mass is 16.6. The van der Waals surface area contributed by atoms with Gasteiger partial charge in [-0.2, -0.15) is 0 Å². The Balaban J connectivity index is 1.59. The molecular formula is C19H26N4O4. The van der Waals surface area contributed by atoms with E-state index in [2.05, 4.69) is 10.3 Å². The Morgan fingerprint density at radius 2 is 1.81 bits per heavy atom. The molecule has 1 saturated carbocycles. The van der Waals surface area contributed by atoms with Crippen molar-refractivity contribution in [2.75, 3.05) is 32.8 Å². The summed E-state index contributed by atoms with van der Waals surface area (Å²) in [7, 11) is 0. The number of pyridine rings is 1. The molecule has 0 atom stereocenters. The zero-order valence-electron chi connectivity index (χ0n) is 15.6. The van der Waals surface area contributed by atoms with Crippen molar-refractivity contribution in [3.63, 3.8) is 0 Å². The lowest BCUT2D eigenvalue weighted by atomic mass is 10.1. The highest BCUT2D eigenvalue weighted by Crippen LogP contribution is 2.18. The molecule has 1 aromatic heterocycles.